The number of ether oxygens (including phenoxy) is 2. The number of esters is 1. The number of carbonyl (C=O) groups is 1. The molecule has 6 unspecified atom stereocenters. The molecule has 13 heteroatoms. The monoisotopic (exact) mass is 867 g/mol. The highest BCUT2D eigenvalue weighted by molar-refractivity contribution is 7.47. The molecule has 0 aromatic heterocycles. The van der Waals surface area contributed by atoms with Gasteiger partial charge in [-0.05, 0) is 12.8 Å². The fourth-order valence-electron chi connectivity index (χ4n) is 7.83. The number of carbonyl (C=O) groups excluding carboxylic acids is 1. The smallest absolute Gasteiger partial charge is 0.457 e. The molecule has 0 spiro atoms. The van der Waals surface area contributed by atoms with Crippen molar-refractivity contribution in [3.05, 3.63) is 0 Å². The van der Waals surface area contributed by atoms with Crippen molar-refractivity contribution in [2.45, 2.75) is 268 Å². The summed E-state index contributed by atoms with van der Waals surface area (Å²) in [5, 5.41) is 50.2. The molecular formula is C46H91O12P. The minimum atomic E-state index is -5.01. The number of hydrogen-bond donors (Lipinski definition) is 6. The molecule has 0 heterocycles. The van der Waals surface area contributed by atoms with Gasteiger partial charge in [-0.2, -0.15) is 0 Å². The molecule has 1 saturated carbocycles. The largest absolute Gasteiger partial charge is 0.472 e. The van der Waals surface area contributed by atoms with Crippen LogP contribution in [0.2, 0.25) is 0 Å². The first kappa shape index (κ1) is 56.4. The van der Waals surface area contributed by atoms with Crippen molar-refractivity contribution in [2.24, 2.45) is 0 Å². The fraction of sp³-hybridized carbons (Fsp3) is 0.978. The maximum Gasteiger partial charge on any atom is 0.472 e. The average Bonchev–Trinajstić information content (AvgIpc) is 3.22. The molecule has 0 aromatic rings. The van der Waals surface area contributed by atoms with Crippen molar-refractivity contribution in [1.82, 2.24) is 0 Å². The molecule has 1 fully saturated rings. The molecule has 6 atom stereocenters. The molecular weight excluding hydrogens is 775 g/mol. The Morgan fingerprint density at radius 3 is 1.17 bits per heavy atom. The lowest BCUT2D eigenvalue weighted by Gasteiger charge is -2.41. The SMILES string of the molecule is CCCCCCCCCCCCCCCCCCCOCC(COP(=O)(O)OC1C(O)C(O)C(O)C(O)C1O)OC(=O)CCCCCCCCCCCCCCCCC. The van der Waals surface area contributed by atoms with Crippen LogP contribution in [0.4, 0.5) is 0 Å². The van der Waals surface area contributed by atoms with Crippen molar-refractivity contribution >= 4 is 13.8 Å². The Kier molecular flexibility index (Phi) is 36.2. The summed E-state index contributed by atoms with van der Waals surface area (Å²) in [6.45, 7) is 4.30. The summed E-state index contributed by atoms with van der Waals surface area (Å²) in [5.41, 5.74) is 0. The molecule has 1 rings (SSSR count). The minimum Gasteiger partial charge on any atom is -0.457 e. The van der Waals surface area contributed by atoms with Crippen LogP contribution in [0.1, 0.15) is 226 Å². The number of phosphoric ester groups is 1. The highest BCUT2D eigenvalue weighted by Gasteiger charge is 2.51. The molecule has 1 aliphatic rings. The Morgan fingerprint density at radius 1 is 0.475 bits per heavy atom. The Hall–Kier alpha value is -0.660. The van der Waals surface area contributed by atoms with Gasteiger partial charge in [0.15, 0.2) is 0 Å². The van der Waals surface area contributed by atoms with Gasteiger partial charge in [-0.15, -0.1) is 0 Å². The van der Waals surface area contributed by atoms with Gasteiger partial charge < -0.3 is 39.9 Å². The van der Waals surface area contributed by atoms with Gasteiger partial charge in [-0.25, -0.2) is 4.57 Å². The zero-order chi connectivity index (χ0) is 43.4. The van der Waals surface area contributed by atoms with Crippen LogP contribution >= 0.6 is 7.82 Å². The third kappa shape index (κ3) is 30.1. The minimum absolute atomic E-state index is 0.0677. The second-order valence-electron chi connectivity index (χ2n) is 17.3. The van der Waals surface area contributed by atoms with E-state index in [4.69, 9.17) is 18.5 Å². The van der Waals surface area contributed by atoms with Crippen LogP contribution < -0.4 is 0 Å². The molecule has 0 saturated heterocycles. The van der Waals surface area contributed by atoms with Crippen LogP contribution in [0.25, 0.3) is 0 Å². The summed E-state index contributed by atoms with van der Waals surface area (Å²) in [5.74, 6) is -0.471. The van der Waals surface area contributed by atoms with E-state index in [1.165, 1.54) is 161 Å². The van der Waals surface area contributed by atoms with Crippen molar-refractivity contribution in [3.8, 4) is 0 Å². The first-order chi connectivity index (χ1) is 28.5. The van der Waals surface area contributed by atoms with Crippen LogP contribution in [-0.4, -0.2) is 98.9 Å². The van der Waals surface area contributed by atoms with E-state index in [0.29, 0.717) is 13.0 Å². The molecule has 0 amide bonds. The summed E-state index contributed by atoms with van der Waals surface area (Å²) >= 11 is 0. The van der Waals surface area contributed by atoms with Crippen molar-refractivity contribution in [3.63, 3.8) is 0 Å². The Bertz CT molecular complexity index is 989. The summed E-state index contributed by atoms with van der Waals surface area (Å²) in [7, 11) is -5.01. The van der Waals surface area contributed by atoms with Crippen LogP contribution in [0, 0.1) is 0 Å². The van der Waals surface area contributed by atoms with Crippen LogP contribution in [0.5, 0.6) is 0 Å². The lowest BCUT2D eigenvalue weighted by molar-refractivity contribution is -0.220. The second-order valence-corrected chi connectivity index (χ2v) is 18.7. The van der Waals surface area contributed by atoms with Gasteiger partial charge in [0.2, 0.25) is 0 Å². The predicted octanol–water partition coefficient (Wildman–Crippen LogP) is 10.1. The molecule has 0 aliphatic heterocycles. The molecule has 0 bridgehead atoms. The van der Waals surface area contributed by atoms with Crippen LogP contribution in [0.15, 0.2) is 0 Å². The summed E-state index contributed by atoms with van der Waals surface area (Å²) in [6, 6.07) is 0. The van der Waals surface area contributed by atoms with Gasteiger partial charge in [0.1, 0.15) is 42.7 Å². The predicted molar refractivity (Wildman–Crippen MR) is 235 cm³/mol. The van der Waals surface area contributed by atoms with Gasteiger partial charge in [-0.3, -0.25) is 13.8 Å². The molecule has 6 N–H and O–H groups in total. The summed E-state index contributed by atoms with van der Waals surface area (Å²) < 4.78 is 34.2. The Morgan fingerprint density at radius 2 is 0.797 bits per heavy atom. The van der Waals surface area contributed by atoms with Crippen LogP contribution in [-0.2, 0) is 27.9 Å². The van der Waals surface area contributed by atoms with E-state index in [2.05, 4.69) is 13.8 Å². The lowest BCUT2D eigenvalue weighted by Crippen LogP contribution is -2.64. The molecule has 0 radical (unpaired) electrons. The van der Waals surface area contributed by atoms with Gasteiger partial charge in [0.25, 0.3) is 0 Å². The number of phosphoric acid groups is 1. The van der Waals surface area contributed by atoms with Gasteiger partial charge in [0.05, 0.1) is 13.2 Å². The van der Waals surface area contributed by atoms with E-state index < -0.39 is 63.1 Å². The zero-order valence-corrected chi connectivity index (χ0v) is 38.5. The topological polar surface area (TPSA) is 192 Å². The first-order valence-electron chi connectivity index (χ1n) is 24.4. The van der Waals surface area contributed by atoms with E-state index in [1.54, 1.807) is 0 Å². The fourth-order valence-corrected chi connectivity index (χ4v) is 8.80. The quantitative estimate of drug-likeness (QED) is 0.0194. The standard InChI is InChI=1S/C46H91O12P/c1-3-5-7-9-11-13-15-17-19-20-22-24-26-28-30-32-34-36-55-37-39(38-56-59(53,54)58-46-44(51)42(49)41(48)43(50)45(46)52)57-40(47)35-33-31-29-27-25-23-21-18-16-14-12-10-8-6-4-2/h39,41-46,48-52H,3-38H2,1-2H3,(H,53,54). The third-order valence-corrected chi connectivity index (χ3v) is 12.7. The summed E-state index contributed by atoms with van der Waals surface area (Å²) in [6.07, 6.45) is 27.4. The van der Waals surface area contributed by atoms with Crippen molar-refractivity contribution < 1.29 is 58.3 Å². The van der Waals surface area contributed by atoms with E-state index in [1.807, 2.05) is 0 Å². The highest BCUT2D eigenvalue weighted by Crippen LogP contribution is 2.47. The maximum atomic E-state index is 12.8. The zero-order valence-electron chi connectivity index (χ0n) is 37.6. The van der Waals surface area contributed by atoms with E-state index >= 15 is 0 Å². The molecule has 59 heavy (non-hydrogen) atoms. The normalized spacial score (nSPS) is 22.4. The van der Waals surface area contributed by atoms with Crippen molar-refractivity contribution in [2.75, 3.05) is 19.8 Å². The highest BCUT2D eigenvalue weighted by atomic mass is 31.2. The van der Waals surface area contributed by atoms with Crippen LogP contribution in [0.3, 0.4) is 0 Å². The van der Waals surface area contributed by atoms with Gasteiger partial charge in [-0.1, -0.05) is 206 Å². The number of unbranched alkanes of at least 4 members (excludes halogenated alkanes) is 30. The number of aliphatic hydroxyl groups excluding tert-OH is 5. The summed E-state index contributed by atoms with van der Waals surface area (Å²) in [4.78, 5) is 23.2. The number of hydrogen-bond acceptors (Lipinski definition) is 11. The molecule has 1 aliphatic carbocycles. The molecule has 0 aromatic carbocycles. The Balaban J connectivity index is 2.35. The van der Waals surface area contributed by atoms with E-state index in [-0.39, 0.29) is 13.0 Å². The van der Waals surface area contributed by atoms with E-state index in [9.17, 15) is 39.8 Å². The van der Waals surface area contributed by atoms with Crippen molar-refractivity contribution in [1.29, 1.82) is 0 Å². The Labute approximate surface area is 359 Å². The van der Waals surface area contributed by atoms with Gasteiger partial charge >= 0.3 is 13.8 Å². The number of rotatable bonds is 42. The lowest BCUT2D eigenvalue weighted by atomic mass is 9.85. The first-order valence-corrected chi connectivity index (χ1v) is 25.9. The second kappa shape index (κ2) is 37.9. The average molecular weight is 867 g/mol. The third-order valence-electron chi connectivity index (χ3n) is 11.7. The molecule has 12 nitrogen and oxygen atoms in total. The maximum absolute atomic E-state index is 12.8. The van der Waals surface area contributed by atoms with Gasteiger partial charge in [0, 0.05) is 13.0 Å². The van der Waals surface area contributed by atoms with E-state index in [0.717, 1.165) is 38.5 Å². The molecule has 352 valence electrons. The number of aliphatic hydroxyl groups is 5.